The molecule has 3 N–H and O–H groups in total. The fraction of sp³-hybridized carbons (Fsp3) is 0.429. The van der Waals surface area contributed by atoms with Gasteiger partial charge in [0.1, 0.15) is 33.4 Å². The van der Waals surface area contributed by atoms with E-state index in [2.05, 4.69) is 19.9 Å². The zero-order valence-electron chi connectivity index (χ0n) is 17.2. The van der Waals surface area contributed by atoms with Crippen molar-refractivity contribution in [2.75, 3.05) is 30.3 Å². The minimum Gasteiger partial charge on any atom is -0.384 e. The van der Waals surface area contributed by atoms with E-state index >= 15 is 0 Å². The number of nitrogens with two attached hydrogens (primary N) is 1. The van der Waals surface area contributed by atoms with Gasteiger partial charge in [-0.3, -0.25) is 0 Å². The molecule has 0 atom stereocenters. The van der Waals surface area contributed by atoms with Crippen LogP contribution in [0.3, 0.4) is 0 Å². The van der Waals surface area contributed by atoms with E-state index in [0.717, 1.165) is 31.7 Å². The minimum atomic E-state index is -4.09. The first-order valence-corrected chi connectivity index (χ1v) is 11.8. The molecule has 3 heterocycles. The Kier molecular flexibility index (Phi) is 4.67. The number of ether oxygens (including phenoxy) is 1. The van der Waals surface area contributed by atoms with Crippen molar-refractivity contribution in [2.45, 2.75) is 48.0 Å². The van der Waals surface area contributed by atoms with Crippen LogP contribution in [0.25, 0.3) is 11.0 Å². The van der Waals surface area contributed by atoms with Gasteiger partial charge in [0.25, 0.3) is 0 Å². The molecule has 0 amide bonds. The number of halogens is 1. The van der Waals surface area contributed by atoms with Crippen molar-refractivity contribution in [3.8, 4) is 0 Å². The highest BCUT2D eigenvalue weighted by molar-refractivity contribution is 7.92. The lowest BCUT2D eigenvalue weighted by Gasteiger charge is -2.41. The molecule has 0 bridgehead atoms. The first-order valence-electron chi connectivity index (χ1n) is 10.3. The maximum Gasteiger partial charge on any atom is 0.212 e. The smallest absolute Gasteiger partial charge is 0.212 e. The number of aromatic amines is 1. The number of nitrogens with one attached hydrogen (secondary N) is 1. The summed E-state index contributed by atoms with van der Waals surface area (Å²) >= 11 is 0. The highest BCUT2D eigenvalue weighted by Crippen LogP contribution is 2.40. The van der Waals surface area contributed by atoms with Crippen molar-refractivity contribution >= 4 is 32.5 Å². The lowest BCUT2D eigenvalue weighted by Crippen LogP contribution is -2.50. The molecule has 8 nitrogen and oxygen atoms in total. The SMILES string of the molecule is Cc1nc(N2CCOC3(CCCC3)C2)c2[nH]c(N)c(S(=O)(=O)c3cccc(F)c3)c2n1. The van der Waals surface area contributed by atoms with Crippen LogP contribution in [0, 0.1) is 12.7 Å². The summed E-state index contributed by atoms with van der Waals surface area (Å²) in [4.78, 5) is 13.8. The number of hydrogen-bond donors (Lipinski definition) is 2. The lowest BCUT2D eigenvalue weighted by atomic mass is 10.00. The number of rotatable bonds is 3. The number of morpholine rings is 1. The molecule has 1 saturated heterocycles. The van der Waals surface area contributed by atoms with Crippen molar-refractivity contribution in [2.24, 2.45) is 0 Å². The Bertz CT molecular complexity index is 1270. The first-order chi connectivity index (χ1) is 14.8. The normalized spacial score (nSPS) is 18.8. The predicted molar refractivity (Wildman–Crippen MR) is 114 cm³/mol. The van der Waals surface area contributed by atoms with E-state index in [1.807, 2.05) is 0 Å². The third-order valence-corrected chi connectivity index (χ3v) is 7.98. The van der Waals surface area contributed by atoms with Crippen LogP contribution in [0.5, 0.6) is 0 Å². The van der Waals surface area contributed by atoms with Crippen molar-refractivity contribution in [3.05, 3.63) is 35.9 Å². The molecule has 31 heavy (non-hydrogen) atoms. The summed E-state index contributed by atoms with van der Waals surface area (Å²) in [5.74, 6) is 0.374. The van der Waals surface area contributed by atoms with Crippen LogP contribution < -0.4 is 10.6 Å². The van der Waals surface area contributed by atoms with E-state index in [-0.39, 0.29) is 26.7 Å². The molecule has 1 aromatic carbocycles. The second-order valence-corrected chi connectivity index (χ2v) is 10.2. The van der Waals surface area contributed by atoms with Crippen LogP contribution in [0.15, 0.2) is 34.1 Å². The topological polar surface area (TPSA) is 114 Å². The van der Waals surface area contributed by atoms with E-state index in [4.69, 9.17) is 10.5 Å². The van der Waals surface area contributed by atoms with Gasteiger partial charge in [0, 0.05) is 13.1 Å². The van der Waals surface area contributed by atoms with Crippen molar-refractivity contribution < 1.29 is 17.5 Å². The number of benzene rings is 1. The van der Waals surface area contributed by atoms with Crippen LogP contribution in [0.1, 0.15) is 31.5 Å². The number of aryl methyl sites for hydroxylation is 1. The summed E-state index contributed by atoms with van der Waals surface area (Å²) in [6, 6.07) is 4.87. The maximum atomic E-state index is 13.7. The standard InChI is InChI=1S/C21H24FN5O3S/c1-13-24-16-17(20(25-13)27-9-10-30-21(12-27)7-2-3-8-21)26-19(23)18(16)31(28,29)15-6-4-5-14(22)11-15/h4-6,11,26H,2-3,7-10,12,23H2,1H3. The summed E-state index contributed by atoms with van der Waals surface area (Å²) in [5, 5.41) is 0. The average molecular weight is 446 g/mol. The Labute approximate surface area is 179 Å². The molecule has 1 spiro atoms. The van der Waals surface area contributed by atoms with Gasteiger partial charge >= 0.3 is 0 Å². The van der Waals surface area contributed by atoms with E-state index < -0.39 is 15.7 Å². The molecule has 2 aliphatic rings. The van der Waals surface area contributed by atoms with Crippen LogP contribution in [0.4, 0.5) is 16.0 Å². The van der Waals surface area contributed by atoms with Gasteiger partial charge in [0.15, 0.2) is 5.82 Å². The van der Waals surface area contributed by atoms with Gasteiger partial charge in [-0.15, -0.1) is 0 Å². The number of nitrogen functional groups attached to an aromatic ring is 1. The zero-order valence-corrected chi connectivity index (χ0v) is 18.0. The average Bonchev–Trinajstić information content (AvgIpc) is 3.31. The third kappa shape index (κ3) is 3.34. The molecule has 0 radical (unpaired) electrons. The summed E-state index contributed by atoms with van der Waals surface area (Å²) in [6.07, 6.45) is 4.28. The molecule has 2 aromatic heterocycles. The largest absolute Gasteiger partial charge is 0.384 e. The molecular formula is C21H24FN5O3S. The monoisotopic (exact) mass is 445 g/mol. The molecule has 3 aromatic rings. The number of anilines is 2. The molecule has 1 saturated carbocycles. The second kappa shape index (κ2) is 7.16. The van der Waals surface area contributed by atoms with Gasteiger partial charge in [-0.2, -0.15) is 0 Å². The number of nitrogens with zero attached hydrogens (tertiary/aromatic N) is 3. The number of hydrogen-bond acceptors (Lipinski definition) is 7. The Balaban J connectivity index is 1.65. The van der Waals surface area contributed by atoms with E-state index in [9.17, 15) is 12.8 Å². The lowest BCUT2D eigenvalue weighted by molar-refractivity contribution is -0.0502. The van der Waals surface area contributed by atoms with Crippen LogP contribution in [0.2, 0.25) is 0 Å². The number of H-pyrrole nitrogens is 1. The Morgan fingerprint density at radius 2 is 2.03 bits per heavy atom. The third-order valence-electron chi connectivity index (χ3n) is 6.16. The summed E-state index contributed by atoms with van der Waals surface area (Å²) in [5.41, 5.74) is 6.64. The quantitative estimate of drug-likeness (QED) is 0.637. The Morgan fingerprint density at radius 3 is 2.77 bits per heavy atom. The van der Waals surface area contributed by atoms with E-state index in [1.165, 1.54) is 18.2 Å². The summed E-state index contributed by atoms with van der Waals surface area (Å²) in [7, 11) is -4.09. The van der Waals surface area contributed by atoms with E-state index in [1.54, 1.807) is 6.92 Å². The molecular weight excluding hydrogens is 421 g/mol. The molecule has 164 valence electrons. The number of fused-ring (bicyclic) bond motifs is 1. The first kappa shape index (κ1) is 20.2. The summed E-state index contributed by atoms with van der Waals surface area (Å²) < 4.78 is 46.5. The zero-order chi connectivity index (χ0) is 21.8. The molecule has 2 fully saturated rings. The van der Waals surface area contributed by atoms with Gasteiger partial charge < -0.3 is 20.4 Å². The molecule has 0 unspecified atom stereocenters. The van der Waals surface area contributed by atoms with Crippen molar-refractivity contribution in [1.29, 1.82) is 0 Å². The predicted octanol–water partition coefficient (Wildman–Crippen LogP) is 2.97. The van der Waals surface area contributed by atoms with Crippen LogP contribution >= 0.6 is 0 Å². The Hall–Kier alpha value is -2.72. The Morgan fingerprint density at radius 1 is 1.26 bits per heavy atom. The fourth-order valence-corrected chi connectivity index (χ4v) is 6.26. The second-order valence-electron chi connectivity index (χ2n) is 8.31. The summed E-state index contributed by atoms with van der Waals surface area (Å²) in [6.45, 7) is 3.62. The fourth-order valence-electron chi connectivity index (χ4n) is 4.76. The minimum absolute atomic E-state index is 0.0377. The van der Waals surface area contributed by atoms with Crippen LogP contribution in [-0.2, 0) is 14.6 Å². The number of aromatic nitrogens is 3. The van der Waals surface area contributed by atoms with E-state index in [0.29, 0.717) is 36.9 Å². The van der Waals surface area contributed by atoms with Gasteiger partial charge in [0.05, 0.1) is 17.1 Å². The van der Waals surface area contributed by atoms with Crippen LogP contribution in [-0.4, -0.2) is 48.7 Å². The van der Waals surface area contributed by atoms with Gasteiger partial charge in [0.2, 0.25) is 9.84 Å². The maximum absolute atomic E-state index is 13.7. The highest BCUT2D eigenvalue weighted by atomic mass is 32.2. The van der Waals surface area contributed by atoms with Gasteiger partial charge in [-0.25, -0.2) is 22.8 Å². The molecule has 1 aliphatic carbocycles. The van der Waals surface area contributed by atoms with Gasteiger partial charge in [-0.05, 0) is 38.0 Å². The highest BCUT2D eigenvalue weighted by Gasteiger charge is 2.40. The molecule has 10 heteroatoms. The van der Waals surface area contributed by atoms with Gasteiger partial charge in [-0.1, -0.05) is 18.9 Å². The molecule has 1 aliphatic heterocycles. The number of sulfone groups is 1. The van der Waals surface area contributed by atoms with Crippen molar-refractivity contribution in [1.82, 2.24) is 15.0 Å². The molecule has 5 rings (SSSR count). The van der Waals surface area contributed by atoms with Crippen molar-refractivity contribution in [3.63, 3.8) is 0 Å².